The Balaban J connectivity index is -0.000000320. The quantitative estimate of drug-likeness (QED) is 0.368. The number of hydrogen-bond acceptors (Lipinski definition) is 2. The molecule has 10 heavy (non-hydrogen) atoms. The van der Waals surface area contributed by atoms with Gasteiger partial charge in [0.2, 0.25) is 0 Å². The van der Waals surface area contributed by atoms with Gasteiger partial charge in [0.15, 0.2) is 0 Å². The predicted octanol–water partition coefficient (Wildman–Crippen LogP) is -1.84. The van der Waals surface area contributed by atoms with Gasteiger partial charge < -0.3 is 11.3 Å². The second-order valence-corrected chi connectivity index (χ2v) is 3.34. The molecule has 0 fully saturated rings. The maximum Gasteiger partial charge on any atom is 1.00 e. The van der Waals surface area contributed by atoms with Crippen LogP contribution < -0.4 is 18.9 Å². The molecule has 0 atom stereocenters. The zero-order chi connectivity index (χ0) is 7.33. The third kappa shape index (κ3) is 11.3. The van der Waals surface area contributed by atoms with Crippen molar-refractivity contribution in [1.82, 2.24) is 0 Å². The monoisotopic (exact) mass is 140 g/mol. The minimum atomic E-state index is 0. The van der Waals surface area contributed by atoms with E-state index in [1.54, 1.807) is 0 Å². The van der Waals surface area contributed by atoms with Gasteiger partial charge in [0.05, 0.1) is 19.8 Å². The number of aliphatic hydroxyl groups is 1. The molecule has 3 heteroatoms. The van der Waals surface area contributed by atoms with Crippen LogP contribution in [0.3, 0.4) is 0 Å². The van der Waals surface area contributed by atoms with Crippen LogP contribution in [0.25, 0.3) is 0 Å². The number of rotatable bonds is 3. The van der Waals surface area contributed by atoms with Crippen LogP contribution >= 0.6 is 0 Å². The zero-order valence-electron chi connectivity index (χ0n) is 8.48. The van der Waals surface area contributed by atoms with E-state index in [9.17, 15) is 0 Å². The summed E-state index contributed by atoms with van der Waals surface area (Å²) in [6.45, 7) is 7.60. The molecule has 0 bridgehead atoms. The molecule has 0 radical (unpaired) electrons. The van der Waals surface area contributed by atoms with Crippen LogP contribution in [0.1, 0.15) is 22.2 Å². The van der Waals surface area contributed by atoms with Gasteiger partial charge in [-0.2, -0.15) is 0 Å². The molecule has 0 aliphatic rings. The van der Waals surface area contributed by atoms with Crippen LogP contribution in [0.5, 0.6) is 0 Å². The van der Waals surface area contributed by atoms with Crippen LogP contribution in [0, 0.1) is 5.41 Å². The number of aliphatic hydroxyl groups excluding tert-OH is 1. The number of ether oxygens (including phenoxy) is 1. The molecular formula is C7H17LiO2. The first-order valence-electron chi connectivity index (χ1n) is 3.25. The minimum Gasteiger partial charge on any atom is -1.00 e. The van der Waals surface area contributed by atoms with Crippen LogP contribution in [-0.4, -0.2) is 24.9 Å². The van der Waals surface area contributed by atoms with Crippen LogP contribution in [0.2, 0.25) is 0 Å². The van der Waals surface area contributed by atoms with Crippen molar-refractivity contribution in [3.05, 3.63) is 0 Å². The standard InChI is InChI=1S/C7H16O2.Li.H/c1-7(2,3)6-9-5-4-8;;/h8H,4-6H2,1-3H3;;/q;+1;-1. The first-order chi connectivity index (χ1) is 4.06. The average Bonchev–Trinajstić information content (AvgIpc) is 1.63. The van der Waals surface area contributed by atoms with Crippen molar-refractivity contribution in [2.45, 2.75) is 20.8 Å². The van der Waals surface area contributed by atoms with Gasteiger partial charge in [0, 0.05) is 0 Å². The van der Waals surface area contributed by atoms with Gasteiger partial charge in [-0.25, -0.2) is 0 Å². The van der Waals surface area contributed by atoms with E-state index in [1.807, 2.05) is 0 Å². The Labute approximate surface area is 76.6 Å². The molecule has 0 saturated carbocycles. The molecule has 0 saturated heterocycles. The molecule has 1 N–H and O–H groups in total. The number of hydrogen-bond donors (Lipinski definition) is 1. The van der Waals surface area contributed by atoms with Gasteiger partial charge in [0.1, 0.15) is 0 Å². The van der Waals surface area contributed by atoms with Gasteiger partial charge in [-0.15, -0.1) is 0 Å². The molecule has 0 aliphatic carbocycles. The van der Waals surface area contributed by atoms with E-state index in [1.165, 1.54) is 0 Å². The fourth-order valence-electron chi connectivity index (χ4n) is 0.443. The Bertz CT molecular complexity index is 73.3. The van der Waals surface area contributed by atoms with E-state index < -0.39 is 0 Å². The Kier molecular flexibility index (Phi) is 8.20. The minimum absolute atomic E-state index is 0. The molecule has 0 heterocycles. The fraction of sp³-hybridized carbons (Fsp3) is 1.00. The van der Waals surface area contributed by atoms with E-state index in [2.05, 4.69) is 20.8 Å². The van der Waals surface area contributed by atoms with E-state index in [-0.39, 0.29) is 32.3 Å². The molecule has 58 valence electrons. The van der Waals surface area contributed by atoms with Crippen molar-refractivity contribution >= 4 is 0 Å². The summed E-state index contributed by atoms with van der Waals surface area (Å²) in [5.41, 5.74) is 0.217. The van der Waals surface area contributed by atoms with E-state index in [0.717, 1.165) is 0 Å². The van der Waals surface area contributed by atoms with Gasteiger partial charge in [-0.1, -0.05) is 20.8 Å². The molecule has 0 aromatic carbocycles. The summed E-state index contributed by atoms with van der Waals surface area (Å²) in [6.07, 6.45) is 0. The van der Waals surface area contributed by atoms with Crippen molar-refractivity contribution < 1.29 is 30.1 Å². The van der Waals surface area contributed by atoms with Crippen molar-refractivity contribution in [3.63, 3.8) is 0 Å². The molecule has 0 unspecified atom stereocenters. The van der Waals surface area contributed by atoms with Crippen molar-refractivity contribution in [2.75, 3.05) is 19.8 Å². The summed E-state index contributed by atoms with van der Waals surface area (Å²) in [7, 11) is 0. The zero-order valence-corrected chi connectivity index (χ0v) is 7.48. The second kappa shape index (κ2) is 6.24. The summed E-state index contributed by atoms with van der Waals surface area (Å²) in [5.74, 6) is 0. The van der Waals surface area contributed by atoms with Crippen LogP contribution in [0.15, 0.2) is 0 Å². The van der Waals surface area contributed by atoms with E-state index in [0.29, 0.717) is 13.2 Å². The Morgan fingerprint density at radius 3 is 2.20 bits per heavy atom. The van der Waals surface area contributed by atoms with Gasteiger partial charge >= 0.3 is 18.9 Å². The summed E-state index contributed by atoms with van der Waals surface area (Å²) >= 11 is 0. The molecule has 0 rings (SSSR count). The molecule has 0 amide bonds. The summed E-state index contributed by atoms with van der Waals surface area (Å²) in [4.78, 5) is 0. The molecule has 0 aromatic heterocycles. The Morgan fingerprint density at radius 1 is 1.40 bits per heavy atom. The predicted molar refractivity (Wildman–Crippen MR) is 38.5 cm³/mol. The normalized spacial score (nSPS) is 10.8. The molecule has 0 aliphatic heterocycles. The molecular weight excluding hydrogens is 123 g/mol. The largest absolute Gasteiger partial charge is 1.00 e. The van der Waals surface area contributed by atoms with Crippen molar-refractivity contribution in [1.29, 1.82) is 0 Å². The summed E-state index contributed by atoms with van der Waals surface area (Å²) in [5, 5.41) is 8.34. The van der Waals surface area contributed by atoms with Gasteiger partial charge in [-0.05, 0) is 5.41 Å². The van der Waals surface area contributed by atoms with E-state index >= 15 is 0 Å². The first-order valence-corrected chi connectivity index (χ1v) is 3.25. The topological polar surface area (TPSA) is 29.5 Å². The molecule has 2 nitrogen and oxygen atoms in total. The summed E-state index contributed by atoms with van der Waals surface area (Å²) < 4.78 is 5.10. The van der Waals surface area contributed by atoms with E-state index in [4.69, 9.17) is 9.84 Å². The summed E-state index contributed by atoms with van der Waals surface area (Å²) in [6, 6.07) is 0. The third-order valence-corrected chi connectivity index (χ3v) is 0.771. The smallest absolute Gasteiger partial charge is 1.00 e. The Morgan fingerprint density at radius 2 is 1.90 bits per heavy atom. The second-order valence-electron chi connectivity index (χ2n) is 3.34. The van der Waals surface area contributed by atoms with Crippen molar-refractivity contribution in [3.8, 4) is 0 Å². The SMILES string of the molecule is CC(C)(C)COCCO.[H-].[Li+]. The molecule has 0 spiro atoms. The van der Waals surface area contributed by atoms with Gasteiger partial charge in [-0.3, -0.25) is 0 Å². The first kappa shape index (κ1) is 13.1. The average molecular weight is 140 g/mol. The van der Waals surface area contributed by atoms with Crippen LogP contribution in [0.4, 0.5) is 0 Å². The van der Waals surface area contributed by atoms with Crippen molar-refractivity contribution in [2.24, 2.45) is 5.41 Å². The maximum absolute atomic E-state index is 8.34. The van der Waals surface area contributed by atoms with Crippen LogP contribution in [-0.2, 0) is 4.74 Å². The molecule has 0 aromatic rings. The maximum atomic E-state index is 8.34. The third-order valence-electron chi connectivity index (χ3n) is 0.771. The van der Waals surface area contributed by atoms with Gasteiger partial charge in [0.25, 0.3) is 0 Å². The Hall–Kier alpha value is 0.517. The fourth-order valence-corrected chi connectivity index (χ4v) is 0.443.